The first-order valence-electron chi connectivity index (χ1n) is 11.4. The number of para-hydroxylation sites is 1. The quantitative estimate of drug-likeness (QED) is 0.289. The minimum Gasteiger partial charge on any atom is -0.497 e. The van der Waals surface area contributed by atoms with Gasteiger partial charge in [0, 0.05) is 29.0 Å². The van der Waals surface area contributed by atoms with Gasteiger partial charge in [0.1, 0.15) is 17.1 Å². The molecule has 4 aromatic rings. The number of hydrogen-bond acceptors (Lipinski definition) is 6. The summed E-state index contributed by atoms with van der Waals surface area (Å²) >= 11 is 0. The van der Waals surface area contributed by atoms with Gasteiger partial charge in [-0.2, -0.15) is 0 Å². The number of methoxy groups -OCH3 is 1. The highest BCUT2D eigenvalue weighted by atomic mass is 16.5. The normalized spacial score (nSPS) is 10.6. The van der Waals surface area contributed by atoms with E-state index < -0.39 is 17.4 Å². The van der Waals surface area contributed by atoms with E-state index in [0.29, 0.717) is 22.6 Å². The third-order valence-corrected chi connectivity index (χ3v) is 5.77. The number of hydrazine groups is 1. The van der Waals surface area contributed by atoms with Gasteiger partial charge in [0.15, 0.2) is 6.61 Å². The first kappa shape index (κ1) is 24.5. The fraction of sp³-hybridized carbons (Fsp3) is 0.179. The zero-order chi connectivity index (χ0) is 25.5. The Hall–Kier alpha value is -4.59. The fourth-order valence-corrected chi connectivity index (χ4v) is 3.86. The van der Waals surface area contributed by atoms with E-state index in [1.165, 1.54) is 7.11 Å². The summed E-state index contributed by atoms with van der Waals surface area (Å²) in [5.74, 6) is 0.185. The Kier molecular flexibility index (Phi) is 7.65. The molecule has 0 saturated heterocycles. The number of amides is 2. The lowest BCUT2D eigenvalue weighted by Gasteiger charge is -2.12. The van der Waals surface area contributed by atoms with Gasteiger partial charge in [0.05, 0.1) is 7.11 Å². The second-order valence-electron chi connectivity index (χ2n) is 8.10. The Morgan fingerprint density at radius 2 is 1.64 bits per heavy atom. The molecule has 0 aliphatic carbocycles. The Labute approximate surface area is 207 Å². The molecule has 0 atom stereocenters. The van der Waals surface area contributed by atoms with E-state index in [0.717, 1.165) is 22.1 Å². The van der Waals surface area contributed by atoms with Crippen molar-refractivity contribution < 1.29 is 23.5 Å². The van der Waals surface area contributed by atoms with E-state index in [1.807, 2.05) is 61.5 Å². The molecule has 0 fully saturated rings. The van der Waals surface area contributed by atoms with Crippen LogP contribution in [0, 0.1) is 6.92 Å². The molecular weight excluding hydrogens is 460 g/mol. The van der Waals surface area contributed by atoms with E-state index in [4.69, 9.17) is 13.9 Å². The molecule has 8 heteroatoms. The maximum atomic E-state index is 12.5. The highest BCUT2D eigenvalue weighted by Crippen LogP contribution is 2.29. The molecule has 0 radical (unpaired) electrons. The van der Waals surface area contributed by atoms with Crippen molar-refractivity contribution in [2.45, 2.75) is 19.8 Å². The van der Waals surface area contributed by atoms with Crippen molar-refractivity contribution in [2.75, 3.05) is 13.7 Å². The lowest BCUT2D eigenvalue weighted by atomic mass is 10.0. The van der Waals surface area contributed by atoms with E-state index >= 15 is 0 Å². The molecule has 0 aliphatic rings. The van der Waals surface area contributed by atoms with Gasteiger partial charge in [-0.05, 0) is 42.7 Å². The number of aryl methyl sites for hydroxylation is 1. The Morgan fingerprint density at radius 3 is 2.42 bits per heavy atom. The van der Waals surface area contributed by atoms with Crippen molar-refractivity contribution in [3.05, 3.63) is 94.3 Å². The highest BCUT2D eigenvalue weighted by Gasteiger charge is 2.14. The molecule has 1 aromatic heterocycles. The molecule has 184 valence electrons. The van der Waals surface area contributed by atoms with Gasteiger partial charge in [-0.1, -0.05) is 48.5 Å². The third kappa shape index (κ3) is 5.72. The van der Waals surface area contributed by atoms with Gasteiger partial charge in [0.2, 0.25) is 5.91 Å². The zero-order valence-corrected chi connectivity index (χ0v) is 20.0. The van der Waals surface area contributed by atoms with Crippen LogP contribution in [0.25, 0.3) is 22.1 Å². The van der Waals surface area contributed by atoms with E-state index in [-0.39, 0.29) is 19.4 Å². The van der Waals surface area contributed by atoms with Gasteiger partial charge in [0.25, 0.3) is 5.91 Å². The highest BCUT2D eigenvalue weighted by molar-refractivity contribution is 5.84. The Morgan fingerprint density at radius 1 is 0.917 bits per heavy atom. The summed E-state index contributed by atoms with van der Waals surface area (Å²) in [5, 5.41) is 0.770. The number of benzene rings is 3. The standard InChI is InChI=1S/C28H26N2O6/c1-18-21-13-12-20(34-2)16-25(21)36-28(33)22(18)14-15-26(31)29-30-27(32)17-35-24-11-7-6-10-23(24)19-8-4-3-5-9-19/h3-13,16H,14-15,17H2,1-2H3,(H,29,31)(H,30,32). The second kappa shape index (κ2) is 11.2. The summed E-state index contributed by atoms with van der Waals surface area (Å²) in [4.78, 5) is 37.0. The van der Waals surface area contributed by atoms with Crippen LogP contribution in [0.2, 0.25) is 0 Å². The smallest absolute Gasteiger partial charge is 0.339 e. The van der Waals surface area contributed by atoms with E-state index in [9.17, 15) is 14.4 Å². The molecule has 2 N–H and O–H groups in total. The minimum atomic E-state index is -0.512. The topological polar surface area (TPSA) is 107 Å². The van der Waals surface area contributed by atoms with Crippen molar-refractivity contribution in [3.63, 3.8) is 0 Å². The van der Waals surface area contributed by atoms with Gasteiger partial charge in [-0.15, -0.1) is 0 Å². The first-order valence-corrected chi connectivity index (χ1v) is 11.4. The molecule has 0 spiro atoms. The molecule has 0 saturated carbocycles. The van der Waals surface area contributed by atoms with Crippen molar-refractivity contribution >= 4 is 22.8 Å². The van der Waals surface area contributed by atoms with Gasteiger partial charge >= 0.3 is 5.63 Å². The van der Waals surface area contributed by atoms with Crippen LogP contribution in [-0.2, 0) is 16.0 Å². The van der Waals surface area contributed by atoms with Crippen LogP contribution < -0.4 is 26.0 Å². The third-order valence-electron chi connectivity index (χ3n) is 5.77. The minimum absolute atomic E-state index is 0.00869. The number of carbonyl (C=O) groups excluding carboxylic acids is 2. The monoisotopic (exact) mass is 486 g/mol. The van der Waals surface area contributed by atoms with Crippen LogP contribution in [0.1, 0.15) is 17.5 Å². The SMILES string of the molecule is COc1ccc2c(C)c(CCC(=O)NNC(=O)COc3ccccc3-c3ccccc3)c(=O)oc2c1. The van der Waals surface area contributed by atoms with Gasteiger partial charge in [-0.3, -0.25) is 20.4 Å². The van der Waals surface area contributed by atoms with Crippen LogP contribution in [0.3, 0.4) is 0 Å². The number of rotatable bonds is 8. The van der Waals surface area contributed by atoms with Crippen LogP contribution in [-0.4, -0.2) is 25.5 Å². The predicted molar refractivity (Wildman–Crippen MR) is 136 cm³/mol. The lowest BCUT2D eigenvalue weighted by Crippen LogP contribution is -2.44. The number of nitrogens with one attached hydrogen (secondary N) is 2. The number of carbonyl (C=O) groups is 2. The molecule has 3 aromatic carbocycles. The fourth-order valence-electron chi connectivity index (χ4n) is 3.86. The summed E-state index contributed by atoms with van der Waals surface area (Å²) in [6, 6.07) is 22.3. The molecule has 4 rings (SSSR count). The molecule has 36 heavy (non-hydrogen) atoms. The first-order chi connectivity index (χ1) is 17.5. The molecule has 0 unspecified atom stereocenters. The van der Waals surface area contributed by atoms with E-state index in [1.54, 1.807) is 18.2 Å². The Balaban J connectivity index is 1.30. The molecule has 1 heterocycles. The average Bonchev–Trinajstić information content (AvgIpc) is 2.90. The summed E-state index contributed by atoms with van der Waals surface area (Å²) in [7, 11) is 1.54. The van der Waals surface area contributed by atoms with Gasteiger partial charge in [-0.25, -0.2) is 4.79 Å². The van der Waals surface area contributed by atoms with Crippen molar-refractivity contribution in [1.29, 1.82) is 0 Å². The predicted octanol–water partition coefficient (Wildman–Crippen LogP) is 3.94. The maximum Gasteiger partial charge on any atom is 0.339 e. The molecule has 2 amide bonds. The maximum absolute atomic E-state index is 12.5. The zero-order valence-electron chi connectivity index (χ0n) is 20.0. The average molecular weight is 487 g/mol. The lowest BCUT2D eigenvalue weighted by molar-refractivity contribution is -0.130. The summed E-state index contributed by atoms with van der Waals surface area (Å²) in [6.07, 6.45) is 0.157. The van der Waals surface area contributed by atoms with Crippen molar-refractivity contribution in [3.8, 4) is 22.6 Å². The van der Waals surface area contributed by atoms with Crippen molar-refractivity contribution in [1.82, 2.24) is 10.9 Å². The number of ether oxygens (including phenoxy) is 2. The largest absolute Gasteiger partial charge is 0.497 e. The molecule has 8 nitrogen and oxygen atoms in total. The van der Waals surface area contributed by atoms with E-state index in [2.05, 4.69) is 10.9 Å². The summed E-state index contributed by atoms with van der Waals surface area (Å²) in [6.45, 7) is 1.53. The number of fused-ring (bicyclic) bond motifs is 1. The Bertz CT molecular complexity index is 1450. The van der Waals surface area contributed by atoms with Crippen molar-refractivity contribution in [2.24, 2.45) is 0 Å². The second-order valence-corrected chi connectivity index (χ2v) is 8.10. The summed E-state index contributed by atoms with van der Waals surface area (Å²) < 4.78 is 16.3. The van der Waals surface area contributed by atoms with Crippen LogP contribution in [0.5, 0.6) is 11.5 Å². The number of hydrogen-bond donors (Lipinski definition) is 2. The summed E-state index contributed by atoms with van der Waals surface area (Å²) in [5.41, 5.74) is 7.60. The van der Waals surface area contributed by atoms with Crippen LogP contribution in [0.15, 0.2) is 82.0 Å². The molecule has 0 bridgehead atoms. The molecule has 0 aliphatic heterocycles. The van der Waals surface area contributed by atoms with Crippen LogP contribution in [0.4, 0.5) is 0 Å². The van der Waals surface area contributed by atoms with Crippen LogP contribution >= 0.6 is 0 Å². The van der Waals surface area contributed by atoms with Gasteiger partial charge < -0.3 is 13.9 Å². The molecular formula is C28H26N2O6.